The molecule has 0 saturated heterocycles. The van der Waals surface area contributed by atoms with Gasteiger partial charge in [0.1, 0.15) is 4.99 Å². The van der Waals surface area contributed by atoms with Crippen LogP contribution in [0, 0.1) is 0 Å². The van der Waals surface area contributed by atoms with Crippen molar-refractivity contribution in [1.29, 1.82) is 0 Å². The van der Waals surface area contributed by atoms with E-state index in [0.29, 0.717) is 35.6 Å². The van der Waals surface area contributed by atoms with Gasteiger partial charge in [0.05, 0.1) is 20.1 Å². The maximum absolute atomic E-state index is 11.5. The number of benzene rings is 1. The first-order valence-electron chi connectivity index (χ1n) is 6.50. The van der Waals surface area contributed by atoms with Gasteiger partial charge in [0.25, 0.3) is 0 Å². The molecule has 0 atom stereocenters. The Bertz CT molecular complexity index is 515. The van der Waals surface area contributed by atoms with E-state index in [1.807, 2.05) is 0 Å². The molecule has 1 aliphatic rings. The Kier molecular flexibility index (Phi) is 4.79. The lowest BCUT2D eigenvalue weighted by Gasteiger charge is -2.12. The third-order valence-electron chi connectivity index (χ3n) is 2.98. The van der Waals surface area contributed by atoms with Crippen LogP contribution in [0.2, 0.25) is 0 Å². The number of nitrogens with two attached hydrogens (primary N) is 1. The number of amides is 1. The van der Waals surface area contributed by atoms with Gasteiger partial charge in [0, 0.05) is 11.6 Å². The van der Waals surface area contributed by atoms with Crippen molar-refractivity contribution in [3.05, 3.63) is 23.8 Å². The van der Waals surface area contributed by atoms with Crippen LogP contribution in [0.1, 0.15) is 24.8 Å². The summed E-state index contributed by atoms with van der Waals surface area (Å²) >= 11 is 4.91. The van der Waals surface area contributed by atoms with Crippen molar-refractivity contribution in [3.8, 4) is 11.5 Å². The molecule has 1 aromatic rings. The highest BCUT2D eigenvalue weighted by atomic mass is 32.1. The number of carbonyl (C=O) groups excluding carboxylic acids is 1. The highest BCUT2D eigenvalue weighted by Gasteiger charge is 2.22. The lowest BCUT2D eigenvalue weighted by molar-refractivity contribution is -0.121. The fourth-order valence-electron chi connectivity index (χ4n) is 1.72. The first-order valence-corrected chi connectivity index (χ1v) is 6.91. The third kappa shape index (κ3) is 4.09. The van der Waals surface area contributed by atoms with Gasteiger partial charge in [-0.15, -0.1) is 0 Å². The van der Waals surface area contributed by atoms with Crippen molar-refractivity contribution in [3.63, 3.8) is 0 Å². The lowest BCUT2D eigenvalue weighted by atomic mass is 10.2. The second-order valence-electron chi connectivity index (χ2n) is 4.67. The van der Waals surface area contributed by atoms with Crippen molar-refractivity contribution in [1.82, 2.24) is 5.32 Å². The van der Waals surface area contributed by atoms with Gasteiger partial charge in [-0.05, 0) is 31.0 Å². The molecule has 6 heteroatoms. The Morgan fingerprint density at radius 1 is 1.45 bits per heavy atom. The van der Waals surface area contributed by atoms with Crippen molar-refractivity contribution < 1.29 is 14.3 Å². The largest absolute Gasteiger partial charge is 0.493 e. The number of ether oxygens (including phenoxy) is 2. The molecule has 0 heterocycles. The molecule has 1 fully saturated rings. The molecule has 5 nitrogen and oxygen atoms in total. The summed E-state index contributed by atoms with van der Waals surface area (Å²) in [5, 5.41) is 2.91. The number of nitrogens with one attached hydrogen (secondary N) is 1. The number of methoxy groups -OCH3 is 1. The number of thiocarbonyl (C=S) groups is 1. The second kappa shape index (κ2) is 6.56. The van der Waals surface area contributed by atoms with Crippen LogP contribution in [0.5, 0.6) is 11.5 Å². The zero-order chi connectivity index (χ0) is 14.5. The van der Waals surface area contributed by atoms with E-state index in [1.54, 1.807) is 25.3 Å². The summed E-state index contributed by atoms with van der Waals surface area (Å²) < 4.78 is 10.8. The Morgan fingerprint density at radius 3 is 2.80 bits per heavy atom. The van der Waals surface area contributed by atoms with Crippen LogP contribution >= 0.6 is 12.2 Å². The summed E-state index contributed by atoms with van der Waals surface area (Å²) in [4.78, 5) is 11.8. The van der Waals surface area contributed by atoms with Gasteiger partial charge in [-0.2, -0.15) is 0 Å². The number of hydrogen-bond donors (Lipinski definition) is 2. The fraction of sp³-hybridized carbons (Fsp3) is 0.429. The van der Waals surface area contributed by atoms with Gasteiger partial charge < -0.3 is 20.5 Å². The first kappa shape index (κ1) is 14.6. The Balaban J connectivity index is 1.87. The molecule has 1 saturated carbocycles. The molecule has 0 spiro atoms. The predicted molar refractivity (Wildman–Crippen MR) is 80.2 cm³/mol. The van der Waals surface area contributed by atoms with Crippen LogP contribution in [0.4, 0.5) is 0 Å². The van der Waals surface area contributed by atoms with Crippen molar-refractivity contribution in [2.75, 3.05) is 13.7 Å². The van der Waals surface area contributed by atoms with E-state index in [0.717, 1.165) is 18.4 Å². The van der Waals surface area contributed by atoms with Gasteiger partial charge in [0.15, 0.2) is 11.5 Å². The SMILES string of the molecule is COc1cc(C(N)=S)ccc1OCCC(=O)NC1CC1. The molecule has 20 heavy (non-hydrogen) atoms. The molecule has 1 amide bonds. The smallest absolute Gasteiger partial charge is 0.223 e. The molecule has 0 aliphatic heterocycles. The number of rotatable bonds is 7. The molecule has 3 N–H and O–H groups in total. The lowest BCUT2D eigenvalue weighted by Crippen LogP contribution is -2.26. The normalized spacial score (nSPS) is 13.7. The average Bonchev–Trinajstić information content (AvgIpc) is 3.22. The van der Waals surface area contributed by atoms with Gasteiger partial charge in [-0.3, -0.25) is 4.79 Å². The molecule has 108 valence electrons. The van der Waals surface area contributed by atoms with Gasteiger partial charge in [-0.1, -0.05) is 12.2 Å². The van der Waals surface area contributed by atoms with Crippen molar-refractivity contribution >= 4 is 23.1 Å². The van der Waals surface area contributed by atoms with Gasteiger partial charge in [-0.25, -0.2) is 0 Å². The highest BCUT2D eigenvalue weighted by Crippen LogP contribution is 2.28. The maximum atomic E-state index is 11.5. The summed E-state index contributed by atoms with van der Waals surface area (Å²) in [6.45, 7) is 0.307. The van der Waals surface area contributed by atoms with Crippen LogP contribution in [0.25, 0.3) is 0 Å². The monoisotopic (exact) mass is 294 g/mol. The molecular weight excluding hydrogens is 276 g/mol. The molecule has 0 bridgehead atoms. The molecular formula is C14H18N2O3S. The zero-order valence-electron chi connectivity index (χ0n) is 11.3. The van der Waals surface area contributed by atoms with E-state index in [4.69, 9.17) is 27.4 Å². The summed E-state index contributed by atoms with van der Waals surface area (Å²) in [6.07, 6.45) is 2.50. The summed E-state index contributed by atoms with van der Waals surface area (Å²) in [5.41, 5.74) is 6.28. The number of carbonyl (C=O) groups is 1. The van der Waals surface area contributed by atoms with E-state index >= 15 is 0 Å². The van der Waals surface area contributed by atoms with E-state index < -0.39 is 0 Å². The molecule has 0 unspecified atom stereocenters. The van der Waals surface area contributed by atoms with Crippen LogP contribution in [-0.2, 0) is 4.79 Å². The minimum Gasteiger partial charge on any atom is -0.493 e. The van der Waals surface area contributed by atoms with Crippen molar-refractivity contribution in [2.45, 2.75) is 25.3 Å². The van der Waals surface area contributed by atoms with Gasteiger partial charge in [0.2, 0.25) is 5.91 Å². The van der Waals surface area contributed by atoms with E-state index in [1.165, 1.54) is 0 Å². The zero-order valence-corrected chi connectivity index (χ0v) is 12.2. The molecule has 0 radical (unpaired) electrons. The minimum absolute atomic E-state index is 0.0197. The first-order chi connectivity index (χ1) is 9.60. The fourth-order valence-corrected chi connectivity index (χ4v) is 1.85. The topological polar surface area (TPSA) is 73.6 Å². The Hall–Kier alpha value is -1.82. The highest BCUT2D eigenvalue weighted by molar-refractivity contribution is 7.80. The Morgan fingerprint density at radius 2 is 2.20 bits per heavy atom. The molecule has 0 aromatic heterocycles. The molecule has 2 rings (SSSR count). The van der Waals surface area contributed by atoms with Crippen LogP contribution in [0.3, 0.4) is 0 Å². The summed E-state index contributed by atoms with van der Waals surface area (Å²) in [6, 6.07) is 5.61. The Labute approximate surface area is 123 Å². The van der Waals surface area contributed by atoms with Crippen molar-refractivity contribution in [2.24, 2.45) is 5.73 Å². The minimum atomic E-state index is 0.0197. The summed E-state index contributed by atoms with van der Waals surface area (Å²) in [5.74, 6) is 1.15. The van der Waals surface area contributed by atoms with Gasteiger partial charge >= 0.3 is 0 Å². The second-order valence-corrected chi connectivity index (χ2v) is 5.11. The van der Waals surface area contributed by atoms with E-state index in [2.05, 4.69) is 5.32 Å². The van der Waals surface area contributed by atoms with E-state index in [9.17, 15) is 4.79 Å². The summed E-state index contributed by atoms with van der Waals surface area (Å²) in [7, 11) is 1.55. The third-order valence-corrected chi connectivity index (χ3v) is 3.21. The van der Waals surface area contributed by atoms with Crippen LogP contribution in [-0.4, -0.2) is 30.7 Å². The standard InChI is InChI=1S/C14H18N2O3S/c1-18-12-8-9(14(15)20)2-5-11(12)19-7-6-13(17)16-10-3-4-10/h2,5,8,10H,3-4,6-7H2,1H3,(H2,15,20)(H,16,17). The molecule has 1 aliphatic carbocycles. The maximum Gasteiger partial charge on any atom is 0.223 e. The quantitative estimate of drug-likeness (QED) is 0.743. The van der Waals surface area contributed by atoms with Crippen LogP contribution < -0.4 is 20.5 Å². The average molecular weight is 294 g/mol. The van der Waals surface area contributed by atoms with Crippen LogP contribution in [0.15, 0.2) is 18.2 Å². The number of hydrogen-bond acceptors (Lipinski definition) is 4. The van der Waals surface area contributed by atoms with E-state index in [-0.39, 0.29) is 5.91 Å². The molecule has 1 aromatic carbocycles. The predicted octanol–water partition coefficient (Wildman–Crippen LogP) is 1.38.